The van der Waals surface area contributed by atoms with Crippen molar-refractivity contribution in [2.45, 2.75) is 43.7 Å². The van der Waals surface area contributed by atoms with E-state index in [1.807, 2.05) is 22.9 Å². The van der Waals surface area contributed by atoms with Gasteiger partial charge in [-0.3, -0.25) is 19.5 Å². The van der Waals surface area contributed by atoms with Crippen LogP contribution in [0.5, 0.6) is 11.5 Å². The number of aromatic nitrogens is 6. The van der Waals surface area contributed by atoms with Gasteiger partial charge in [0.1, 0.15) is 28.5 Å². The first kappa shape index (κ1) is 30.3. The van der Waals surface area contributed by atoms with Gasteiger partial charge in [-0.1, -0.05) is 13.0 Å². The lowest BCUT2D eigenvalue weighted by Crippen LogP contribution is -2.19. The van der Waals surface area contributed by atoms with E-state index in [-0.39, 0.29) is 22.7 Å². The van der Waals surface area contributed by atoms with Gasteiger partial charge in [0, 0.05) is 24.5 Å². The second kappa shape index (κ2) is 12.4. The summed E-state index contributed by atoms with van der Waals surface area (Å²) in [4.78, 5) is 28.0. The van der Waals surface area contributed by atoms with Crippen LogP contribution < -0.4 is 14.8 Å². The Labute approximate surface area is 268 Å². The highest BCUT2D eigenvalue weighted by molar-refractivity contribution is 7.92. The number of rotatable bonds is 9. The van der Waals surface area contributed by atoms with E-state index in [9.17, 15) is 17.6 Å². The third-order valence-electron chi connectivity index (χ3n) is 7.63. The lowest BCUT2D eigenvalue weighted by atomic mass is 10.1. The molecule has 0 aliphatic carbocycles. The first-order chi connectivity index (χ1) is 22.8. The zero-order chi connectivity index (χ0) is 32.5. The van der Waals surface area contributed by atoms with E-state index in [0.717, 1.165) is 30.8 Å². The summed E-state index contributed by atoms with van der Waals surface area (Å²) in [5, 5.41) is 8.40. The van der Waals surface area contributed by atoms with Crippen molar-refractivity contribution in [1.29, 1.82) is 0 Å². The number of carbonyl (C=O) groups is 1. The SMILES string of the molecule is CCC(=O)Nc1cncc(Oc2ccc3c(c2)c(-c2nc4c(NS(=O)(=O)c5cccc(F)c5)cncc4[nH]2)nn3C2CCCCO2)c1. The quantitative estimate of drug-likeness (QED) is 0.165. The number of anilines is 2. The Morgan fingerprint density at radius 2 is 1.96 bits per heavy atom. The van der Waals surface area contributed by atoms with Crippen LogP contribution in [-0.4, -0.2) is 50.6 Å². The number of aromatic amines is 1. The molecule has 1 aliphatic heterocycles. The fourth-order valence-corrected chi connectivity index (χ4v) is 6.46. The van der Waals surface area contributed by atoms with Crippen LogP contribution in [-0.2, 0) is 19.6 Å². The van der Waals surface area contributed by atoms with Crippen LogP contribution >= 0.6 is 0 Å². The maximum Gasteiger partial charge on any atom is 0.262 e. The molecule has 1 atom stereocenters. The molecule has 0 saturated carbocycles. The van der Waals surface area contributed by atoms with Crippen LogP contribution in [0.15, 0.2) is 78.2 Å². The first-order valence-electron chi connectivity index (χ1n) is 15.0. The Bertz CT molecular complexity index is 2230. The van der Waals surface area contributed by atoms with Gasteiger partial charge in [0.05, 0.1) is 52.1 Å². The van der Waals surface area contributed by atoms with Crippen LogP contribution in [0, 0.1) is 5.82 Å². The van der Waals surface area contributed by atoms with Gasteiger partial charge >= 0.3 is 0 Å². The van der Waals surface area contributed by atoms with Crippen molar-refractivity contribution in [3.63, 3.8) is 0 Å². The number of hydrogen-bond acceptors (Lipinski definition) is 9. The van der Waals surface area contributed by atoms with Crippen LogP contribution in [0.1, 0.15) is 38.8 Å². The van der Waals surface area contributed by atoms with Crippen molar-refractivity contribution in [3.8, 4) is 23.0 Å². The molecule has 5 heterocycles. The fourth-order valence-electron chi connectivity index (χ4n) is 5.38. The smallest absolute Gasteiger partial charge is 0.262 e. The minimum atomic E-state index is -4.14. The van der Waals surface area contributed by atoms with Gasteiger partial charge in [-0.15, -0.1) is 0 Å². The predicted octanol–water partition coefficient (Wildman–Crippen LogP) is 6.15. The van der Waals surface area contributed by atoms with Gasteiger partial charge in [-0.05, 0) is 55.7 Å². The highest BCUT2D eigenvalue weighted by atomic mass is 32.2. The Morgan fingerprint density at radius 1 is 1.09 bits per heavy atom. The van der Waals surface area contributed by atoms with Crippen LogP contribution in [0.4, 0.5) is 15.8 Å². The number of halogens is 1. The van der Waals surface area contributed by atoms with Crippen molar-refractivity contribution >= 4 is 49.2 Å². The maximum absolute atomic E-state index is 13.8. The lowest BCUT2D eigenvalue weighted by Gasteiger charge is -2.23. The second-order valence-corrected chi connectivity index (χ2v) is 12.6. The molecule has 47 heavy (non-hydrogen) atoms. The molecule has 2 aromatic carbocycles. The summed E-state index contributed by atoms with van der Waals surface area (Å²) < 4.78 is 56.5. The van der Waals surface area contributed by atoms with E-state index >= 15 is 0 Å². The molecule has 0 spiro atoms. The summed E-state index contributed by atoms with van der Waals surface area (Å²) in [5.41, 5.74) is 2.65. The second-order valence-electron chi connectivity index (χ2n) is 10.9. The number of benzene rings is 2. The Morgan fingerprint density at radius 3 is 2.77 bits per heavy atom. The number of carbonyl (C=O) groups excluding carboxylic acids is 1. The number of ether oxygens (including phenoxy) is 2. The van der Waals surface area contributed by atoms with E-state index in [4.69, 9.17) is 19.6 Å². The zero-order valence-corrected chi connectivity index (χ0v) is 25.9. The number of sulfonamides is 1. The monoisotopic (exact) mass is 656 g/mol. The number of fused-ring (bicyclic) bond motifs is 2. The van der Waals surface area contributed by atoms with Crippen molar-refractivity contribution < 1.29 is 27.1 Å². The summed E-state index contributed by atoms with van der Waals surface area (Å²) in [5.74, 6) is 0.462. The number of amides is 1. The third-order valence-corrected chi connectivity index (χ3v) is 8.99. The van der Waals surface area contributed by atoms with Crippen molar-refractivity contribution in [1.82, 2.24) is 29.7 Å². The molecule has 0 bridgehead atoms. The molecule has 240 valence electrons. The Hall–Kier alpha value is -5.41. The number of imidazole rings is 1. The van der Waals surface area contributed by atoms with Crippen LogP contribution in [0.2, 0.25) is 0 Å². The first-order valence-corrected chi connectivity index (χ1v) is 16.4. The van der Waals surface area contributed by atoms with Crippen molar-refractivity contribution in [3.05, 3.63) is 79.1 Å². The summed E-state index contributed by atoms with van der Waals surface area (Å²) in [6.45, 7) is 2.38. The molecule has 7 rings (SSSR count). The highest BCUT2D eigenvalue weighted by Crippen LogP contribution is 2.36. The topological polar surface area (TPSA) is 166 Å². The minimum absolute atomic E-state index is 0.111. The summed E-state index contributed by atoms with van der Waals surface area (Å²) in [7, 11) is -4.14. The standard InChI is InChI=1S/C32H29FN8O5S/c1-2-28(42)36-20-13-22(16-34-15-20)46-21-9-10-27-24(14-21)30(39-41(27)29-8-3-4-11-45-29)32-37-25-17-35-18-26(31(25)38-32)40-47(43,44)23-7-5-6-19(33)12-23/h5-7,9-10,12-18,29,40H,2-4,8,11H2,1H3,(H,36,42)(H,37,38). The van der Waals surface area contributed by atoms with Gasteiger partial charge in [0.25, 0.3) is 10.0 Å². The molecular weight excluding hydrogens is 627 g/mol. The van der Waals surface area contributed by atoms with E-state index < -0.39 is 15.8 Å². The number of nitrogens with zero attached hydrogens (tertiary/aromatic N) is 5. The number of H-pyrrole nitrogens is 1. The molecule has 15 heteroatoms. The van der Waals surface area contributed by atoms with Crippen molar-refractivity contribution in [2.75, 3.05) is 16.6 Å². The Kier molecular flexibility index (Phi) is 7.99. The summed E-state index contributed by atoms with van der Waals surface area (Å²) >= 11 is 0. The highest BCUT2D eigenvalue weighted by Gasteiger charge is 2.25. The largest absolute Gasteiger partial charge is 0.456 e. The predicted molar refractivity (Wildman–Crippen MR) is 172 cm³/mol. The molecule has 1 aliphatic rings. The maximum atomic E-state index is 13.8. The molecular formula is C32H29FN8O5S. The molecule has 1 amide bonds. The van der Waals surface area contributed by atoms with E-state index in [1.54, 1.807) is 25.4 Å². The van der Waals surface area contributed by atoms with Gasteiger partial charge < -0.3 is 19.8 Å². The molecule has 6 aromatic rings. The number of hydrogen-bond donors (Lipinski definition) is 3. The van der Waals surface area contributed by atoms with Gasteiger partial charge in [0.15, 0.2) is 12.1 Å². The lowest BCUT2D eigenvalue weighted by molar-refractivity contribution is -0.115. The zero-order valence-electron chi connectivity index (χ0n) is 25.1. The third kappa shape index (κ3) is 6.22. The van der Waals surface area contributed by atoms with Crippen LogP contribution in [0.3, 0.4) is 0 Å². The average molecular weight is 657 g/mol. The van der Waals surface area contributed by atoms with E-state index in [0.29, 0.717) is 58.2 Å². The molecule has 0 radical (unpaired) electrons. The van der Waals surface area contributed by atoms with Crippen LogP contribution in [0.25, 0.3) is 33.5 Å². The average Bonchev–Trinajstić information content (AvgIpc) is 3.67. The number of pyridine rings is 2. The van der Waals surface area contributed by atoms with E-state index in [2.05, 4.69) is 25.0 Å². The van der Waals surface area contributed by atoms with Gasteiger partial charge in [-0.25, -0.2) is 22.5 Å². The molecule has 1 fully saturated rings. The Balaban J connectivity index is 1.28. The fraction of sp³-hybridized carbons (Fsp3) is 0.219. The van der Waals surface area contributed by atoms with E-state index in [1.165, 1.54) is 30.6 Å². The molecule has 3 N–H and O–H groups in total. The summed E-state index contributed by atoms with van der Waals surface area (Å²) in [6.07, 6.45) is 8.75. The minimum Gasteiger partial charge on any atom is -0.456 e. The molecule has 13 nitrogen and oxygen atoms in total. The molecule has 1 unspecified atom stereocenters. The van der Waals surface area contributed by atoms with Gasteiger partial charge in [-0.2, -0.15) is 5.10 Å². The molecule has 1 saturated heterocycles. The van der Waals surface area contributed by atoms with Gasteiger partial charge in [0.2, 0.25) is 5.91 Å². The summed E-state index contributed by atoms with van der Waals surface area (Å²) in [6, 6.07) is 11.9. The number of nitrogens with one attached hydrogen (secondary N) is 3. The van der Waals surface area contributed by atoms with Crippen molar-refractivity contribution in [2.24, 2.45) is 0 Å². The normalized spacial score (nSPS) is 15.1. The molecule has 4 aromatic heterocycles.